The van der Waals surface area contributed by atoms with Gasteiger partial charge in [0.05, 0.1) is 18.8 Å². The molecule has 1 unspecified atom stereocenters. The molecule has 1 aromatic rings. The van der Waals surface area contributed by atoms with Gasteiger partial charge < -0.3 is 4.90 Å². The highest BCUT2D eigenvalue weighted by Gasteiger charge is 2.11. The molecular weight excluding hydrogens is 148 g/mol. The molecule has 1 N–H and O–H groups in total. The van der Waals surface area contributed by atoms with Gasteiger partial charge in [0.15, 0.2) is 0 Å². The first kappa shape index (κ1) is 7.50. The predicted octanol–water partition coefficient (Wildman–Crippen LogP) is 0.155. The molecule has 0 aliphatic carbocycles. The zero-order valence-electron chi connectivity index (χ0n) is 6.96. The van der Waals surface area contributed by atoms with Crippen LogP contribution in [0.5, 0.6) is 0 Å². The van der Waals surface area contributed by atoms with Crippen molar-refractivity contribution >= 4 is 5.57 Å². The van der Waals surface area contributed by atoms with Gasteiger partial charge in [0.1, 0.15) is 0 Å². The van der Waals surface area contributed by atoms with Crippen LogP contribution in [0.1, 0.15) is 5.69 Å². The molecule has 1 aromatic heterocycles. The highest BCUT2D eigenvalue weighted by atomic mass is 15.1. The summed E-state index contributed by atoms with van der Waals surface area (Å²) in [6.07, 6.45) is 4.04. The van der Waals surface area contributed by atoms with Crippen molar-refractivity contribution in [2.75, 3.05) is 13.1 Å². The van der Waals surface area contributed by atoms with Crippen molar-refractivity contribution in [3.63, 3.8) is 0 Å². The Morgan fingerprint density at radius 3 is 2.92 bits per heavy atom. The predicted molar refractivity (Wildman–Crippen MR) is 48.3 cm³/mol. The zero-order chi connectivity index (χ0) is 8.39. The molecule has 1 aliphatic heterocycles. The van der Waals surface area contributed by atoms with Gasteiger partial charge in [-0.25, -0.2) is 0 Å². The summed E-state index contributed by atoms with van der Waals surface area (Å²) in [4.78, 5) is 5.57. The maximum atomic E-state index is 4.29. The molecule has 0 aromatic carbocycles. The highest BCUT2D eigenvalue weighted by Crippen LogP contribution is 2.09. The smallest absolute Gasteiger partial charge is 0.0810 e. The summed E-state index contributed by atoms with van der Waals surface area (Å²) in [6, 6.07) is 6.00. The van der Waals surface area contributed by atoms with E-state index in [9.17, 15) is 0 Å². The standard InChI is InChI=1S/C10H12N2/c1-12-7-5-9(8-12)10-4-2-3-6-11-10/h2-6,12H,1,7-8H2. The topological polar surface area (TPSA) is 17.3 Å². The van der Waals surface area contributed by atoms with E-state index in [-0.39, 0.29) is 0 Å². The fourth-order valence-electron chi connectivity index (χ4n) is 1.43. The summed E-state index contributed by atoms with van der Waals surface area (Å²) < 4.78 is 0. The van der Waals surface area contributed by atoms with E-state index in [0.717, 1.165) is 18.8 Å². The number of hydrogen-bond acceptors (Lipinski definition) is 1. The van der Waals surface area contributed by atoms with Crippen LogP contribution in [-0.4, -0.2) is 18.1 Å². The van der Waals surface area contributed by atoms with Crippen LogP contribution in [0.15, 0.2) is 30.5 Å². The Kier molecular flexibility index (Phi) is 1.92. The summed E-state index contributed by atoms with van der Waals surface area (Å²) in [5.74, 6) is 0. The number of aromatic nitrogens is 1. The Morgan fingerprint density at radius 2 is 2.33 bits per heavy atom. The van der Waals surface area contributed by atoms with Crippen molar-refractivity contribution in [3.05, 3.63) is 43.2 Å². The molecule has 2 nitrogen and oxygen atoms in total. The molecule has 12 heavy (non-hydrogen) atoms. The van der Waals surface area contributed by atoms with Gasteiger partial charge >= 0.3 is 0 Å². The van der Waals surface area contributed by atoms with Crippen LogP contribution in [0.2, 0.25) is 0 Å². The highest BCUT2D eigenvalue weighted by molar-refractivity contribution is 5.64. The van der Waals surface area contributed by atoms with Crippen molar-refractivity contribution in [2.45, 2.75) is 0 Å². The second-order valence-electron chi connectivity index (χ2n) is 3.08. The van der Waals surface area contributed by atoms with Crippen LogP contribution < -0.4 is 4.90 Å². The molecule has 0 amide bonds. The molecule has 0 fully saturated rings. The Labute approximate surface area is 72.5 Å². The molecule has 62 valence electrons. The molecule has 0 saturated carbocycles. The lowest BCUT2D eigenvalue weighted by Crippen LogP contribution is -3.05. The van der Waals surface area contributed by atoms with Gasteiger partial charge in [-0.05, 0) is 18.2 Å². The first-order valence-electron chi connectivity index (χ1n) is 4.13. The molecule has 1 aliphatic rings. The van der Waals surface area contributed by atoms with Gasteiger partial charge in [-0.2, -0.15) is 7.05 Å². The molecule has 2 heterocycles. The van der Waals surface area contributed by atoms with E-state index in [1.54, 1.807) is 0 Å². The van der Waals surface area contributed by atoms with Crippen LogP contribution in [-0.2, 0) is 0 Å². The Balaban J connectivity index is 2.22. The summed E-state index contributed by atoms with van der Waals surface area (Å²) in [6.45, 7) is 2.02. The minimum Gasteiger partial charge on any atom is -0.461 e. The first-order valence-corrected chi connectivity index (χ1v) is 4.13. The van der Waals surface area contributed by atoms with Gasteiger partial charge in [-0.1, -0.05) is 6.07 Å². The monoisotopic (exact) mass is 160 g/mol. The van der Waals surface area contributed by atoms with Crippen molar-refractivity contribution in [1.82, 2.24) is 4.98 Å². The van der Waals surface area contributed by atoms with Gasteiger partial charge in [0, 0.05) is 11.8 Å². The SMILES string of the molecule is [CH2-][NH+]1CC=C(c2ccccn2)C1. The quantitative estimate of drug-likeness (QED) is 0.579. The fourth-order valence-corrected chi connectivity index (χ4v) is 1.43. The third-order valence-corrected chi connectivity index (χ3v) is 2.07. The second-order valence-corrected chi connectivity index (χ2v) is 3.08. The summed E-state index contributed by atoms with van der Waals surface area (Å²) in [5.41, 5.74) is 2.41. The zero-order valence-corrected chi connectivity index (χ0v) is 6.96. The molecule has 2 rings (SSSR count). The minimum absolute atomic E-state index is 0.997. The fraction of sp³-hybridized carbons (Fsp3) is 0.200. The van der Waals surface area contributed by atoms with Crippen LogP contribution in [0.4, 0.5) is 0 Å². The van der Waals surface area contributed by atoms with E-state index in [2.05, 4.69) is 18.1 Å². The third kappa shape index (κ3) is 1.38. The average molecular weight is 160 g/mol. The molecule has 0 bridgehead atoms. The maximum Gasteiger partial charge on any atom is 0.0810 e. The van der Waals surface area contributed by atoms with E-state index in [0.29, 0.717) is 0 Å². The Morgan fingerprint density at radius 1 is 1.42 bits per heavy atom. The summed E-state index contributed by atoms with van der Waals surface area (Å²) in [5, 5.41) is 0. The third-order valence-electron chi connectivity index (χ3n) is 2.07. The normalized spacial score (nSPS) is 22.4. The van der Waals surface area contributed by atoms with E-state index < -0.39 is 0 Å². The van der Waals surface area contributed by atoms with E-state index in [4.69, 9.17) is 0 Å². The largest absolute Gasteiger partial charge is 0.461 e. The second kappa shape index (κ2) is 3.07. The number of hydrogen-bond donors (Lipinski definition) is 1. The van der Waals surface area contributed by atoms with Crippen molar-refractivity contribution in [3.8, 4) is 0 Å². The maximum absolute atomic E-state index is 4.29. The van der Waals surface area contributed by atoms with Crippen LogP contribution in [0.3, 0.4) is 0 Å². The lowest BCUT2D eigenvalue weighted by atomic mass is 10.2. The summed E-state index contributed by atoms with van der Waals surface area (Å²) >= 11 is 0. The van der Waals surface area contributed by atoms with Crippen LogP contribution in [0, 0.1) is 7.05 Å². The number of rotatable bonds is 1. The molecule has 0 saturated heterocycles. The minimum atomic E-state index is 0.997. The van der Waals surface area contributed by atoms with E-state index >= 15 is 0 Å². The lowest BCUT2D eigenvalue weighted by molar-refractivity contribution is -0.833. The number of nitrogens with one attached hydrogen (secondary N) is 1. The molecule has 0 spiro atoms. The Bertz CT molecular complexity index is 290. The van der Waals surface area contributed by atoms with Crippen molar-refractivity contribution in [1.29, 1.82) is 0 Å². The van der Waals surface area contributed by atoms with E-state index in [1.165, 1.54) is 10.5 Å². The number of pyridine rings is 1. The van der Waals surface area contributed by atoms with Crippen molar-refractivity contribution in [2.24, 2.45) is 0 Å². The number of nitrogens with zero attached hydrogens (tertiary/aromatic N) is 1. The van der Waals surface area contributed by atoms with Gasteiger partial charge in [-0.3, -0.25) is 4.98 Å². The van der Waals surface area contributed by atoms with Gasteiger partial charge in [0.25, 0.3) is 0 Å². The molecule has 0 radical (unpaired) electrons. The first-order chi connectivity index (χ1) is 5.86. The van der Waals surface area contributed by atoms with Gasteiger partial charge in [-0.15, -0.1) is 0 Å². The molecule has 1 atom stereocenters. The Hall–Kier alpha value is -1.15. The number of quaternary nitrogens is 1. The van der Waals surface area contributed by atoms with Gasteiger partial charge in [0.2, 0.25) is 0 Å². The van der Waals surface area contributed by atoms with E-state index in [1.807, 2.05) is 24.4 Å². The lowest BCUT2D eigenvalue weighted by Gasteiger charge is -2.12. The molecule has 2 heteroatoms. The van der Waals surface area contributed by atoms with Crippen LogP contribution >= 0.6 is 0 Å². The molecular formula is C10H12N2. The van der Waals surface area contributed by atoms with Crippen LogP contribution in [0.25, 0.3) is 5.57 Å². The average Bonchev–Trinajstić information content (AvgIpc) is 2.54. The van der Waals surface area contributed by atoms with Crippen molar-refractivity contribution < 1.29 is 4.90 Å². The summed E-state index contributed by atoms with van der Waals surface area (Å²) in [7, 11) is 3.95.